The Labute approximate surface area is 87.9 Å². The predicted molar refractivity (Wildman–Crippen MR) is 53.9 cm³/mol. The van der Waals surface area contributed by atoms with Crippen molar-refractivity contribution >= 4 is 33.7 Å². The molecule has 0 saturated heterocycles. The van der Waals surface area contributed by atoms with Gasteiger partial charge in [0.05, 0.1) is 0 Å². The zero-order valence-corrected chi connectivity index (χ0v) is 9.15. The number of carbonyl (C=O) groups excluding carboxylic acids is 2. The van der Waals surface area contributed by atoms with E-state index >= 15 is 0 Å². The Kier molecular flexibility index (Phi) is 6.00. The molecule has 0 aliphatic carbocycles. The highest BCUT2D eigenvalue weighted by Crippen LogP contribution is 2.14. The lowest BCUT2D eigenvalue weighted by molar-refractivity contribution is -0.110. The van der Waals surface area contributed by atoms with Crippen LogP contribution in [0.4, 0.5) is 0 Å². The van der Waals surface area contributed by atoms with Crippen molar-refractivity contribution in [2.45, 2.75) is 26.7 Å². The Bertz CT molecular complexity index is 232. The molecule has 0 unspecified atom stereocenters. The van der Waals surface area contributed by atoms with Crippen LogP contribution in [0.2, 0.25) is 0 Å². The van der Waals surface area contributed by atoms with E-state index in [0.29, 0.717) is 12.3 Å². The monoisotopic (exact) mass is 222 g/mol. The third-order valence-corrected chi connectivity index (χ3v) is 1.88. The van der Waals surface area contributed by atoms with E-state index in [1.807, 2.05) is 13.8 Å². The van der Waals surface area contributed by atoms with E-state index in [-0.39, 0.29) is 5.57 Å². The van der Waals surface area contributed by atoms with Gasteiger partial charge in [0.1, 0.15) is 0 Å². The van der Waals surface area contributed by atoms with Gasteiger partial charge in [-0.2, -0.15) is 0 Å². The first-order valence-electron chi connectivity index (χ1n) is 4.03. The van der Waals surface area contributed by atoms with Crippen molar-refractivity contribution in [2.24, 2.45) is 5.92 Å². The van der Waals surface area contributed by atoms with Crippen LogP contribution in [-0.2, 0) is 9.59 Å². The first kappa shape index (κ1) is 12.7. The maximum Gasteiger partial charge on any atom is 0.248 e. The van der Waals surface area contributed by atoms with Crippen molar-refractivity contribution < 1.29 is 9.59 Å². The molecule has 13 heavy (non-hydrogen) atoms. The third-order valence-electron chi connectivity index (χ3n) is 1.53. The molecule has 0 N–H and O–H groups in total. The minimum absolute atomic E-state index is 0.287. The van der Waals surface area contributed by atoms with Gasteiger partial charge in [0.15, 0.2) is 0 Å². The Morgan fingerprint density at radius 3 is 2.15 bits per heavy atom. The van der Waals surface area contributed by atoms with Crippen molar-refractivity contribution in [1.29, 1.82) is 0 Å². The minimum atomic E-state index is -0.659. The van der Waals surface area contributed by atoms with Crippen molar-refractivity contribution in [3.8, 4) is 0 Å². The average molecular weight is 223 g/mol. The summed E-state index contributed by atoms with van der Waals surface area (Å²) in [4.78, 5) is 21.3. The predicted octanol–water partition coefficient (Wildman–Crippen LogP) is 2.88. The summed E-state index contributed by atoms with van der Waals surface area (Å²) in [6.45, 7) is 4.05. The summed E-state index contributed by atoms with van der Waals surface area (Å²) in [6.07, 6.45) is 2.40. The standard InChI is InChI=1S/C9H12Cl2O2/c1-6(2)3-4-7(9(11)13)5-8(10)12/h5-6H,3-4H2,1-2H3/b7-5+. The van der Waals surface area contributed by atoms with Crippen molar-refractivity contribution in [3.05, 3.63) is 11.6 Å². The molecule has 4 heteroatoms. The fraction of sp³-hybridized carbons (Fsp3) is 0.556. The van der Waals surface area contributed by atoms with E-state index in [4.69, 9.17) is 23.2 Å². The number of halogens is 2. The number of allylic oxidation sites excluding steroid dienone is 2. The van der Waals surface area contributed by atoms with E-state index in [0.717, 1.165) is 12.5 Å². The molecule has 74 valence electrons. The normalized spacial score (nSPS) is 11.9. The van der Waals surface area contributed by atoms with Gasteiger partial charge in [-0.25, -0.2) is 0 Å². The Hall–Kier alpha value is -0.340. The molecule has 2 nitrogen and oxygen atoms in total. The van der Waals surface area contributed by atoms with E-state index in [2.05, 4.69) is 0 Å². The van der Waals surface area contributed by atoms with Crippen molar-refractivity contribution in [3.63, 3.8) is 0 Å². The van der Waals surface area contributed by atoms with Crippen LogP contribution in [-0.4, -0.2) is 10.5 Å². The smallest absolute Gasteiger partial charge is 0.248 e. The molecule has 0 bridgehead atoms. The van der Waals surface area contributed by atoms with E-state index < -0.39 is 10.5 Å². The first-order chi connectivity index (χ1) is 5.93. The number of hydrogen-bond acceptors (Lipinski definition) is 2. The molecule has 0 atom stereocenters. The Morgan fingerprint density at radius 1 is 1.31 bits per heavy atom. The van der Waals surface area contributed by atoms with Crippen LogP contribution >= 0.6 is 23.2 Å². The van der Waals surface area contributed by atoms with Gasteiger partial charge in [0.2, 0.25) is 10.5 Å². The minimum Gasteiger partial charge on any atom is -0.276 e. The highest BCUT2D eigenvalue weighted by Gasteiger charge is 2.08. The fourth-order valence-electron chi connectivity index (χ4n) is 0.808. The van der Waals surface area contributed by atoms with Gasteiger partial charge < -0.3 is 0 Å². The fourth-order valence-corrected chi connectivity index (χ4v) is 1.09. The molecular formula is C9H12Cl2O2. The van der Waals surface area contributed by atoms with Gasteiger partial charge in [-0.15, -0.1) is 0 Å². The number of hydrogen-bond donors (Lipinski definition) is 0. The highest BCUT2D eigenvalue weighted by atomic mass is 35.5. The number of rotatable bonds is 5. The molecule has 0 fully saturated rings. The maximum absolute atomic E-state index is 10.8. The summed E-state index contributed by atoms with van der Waals surface area (Å²) in [5, 5.41) is -1.26. The van der Waals surface area contributed by atoms with Gasteiger partial charge in [0, 0.05) is 11.6 Å². The Morgan fingerprint density at radius 2 is 1.85 bits per heavy atom. The molecule has 0 aliphatic rings. The zero-order chi connectivity index (χ0) is 10.4. The van der Waals surface area contributed by atoms with Crippen LogP contribution in [0.15, 0.2) is 11.6 Å². The van der Waals surface area contributed by atoms with Crippen LogP contribution in [0, 0.1) is 5.92 Å². The quantitative estimate of drug-likeness (QED) is 0.530. The van der Waals surface area contributed by atoms with Gasteiger partial charge in [-0.1, -0.05) is 13.8 Å². The summed E-state index contributed by atoms with van der Waals surface area (Å²) in [7, 11) is 0. The van der Waals surface area contributed by atoms with Gasteiger partial charge in [0.25, 0.3) is 0 Å². The second-order valence-electron chi connectivity index (χ2n) is 3.18. The number of carbonyl (C=O) groups is 2. The largest absolute Gasteiger partial charge is 0.276 e. The molecule has 0 rings (SSSR count). The molecule has 0 aromatic heterocycles. The second-order valence-corrected chi connectivity index (χ2v) is 3.90. The first-order valence-corrected chi connectivity index (χ1v) is 4.79. The van der Waals surface area contributed by atoms with Crippen LogP contribution in [0.5, 0.6) is 0 Å². The summed E-state index contributed by atoms with van der Waals surface area (Å²) >= 11 is 10.4. The SMILES string of the molecule is CC(C)CC/C(=C\C(=O)Cl)C(=O)Cl. The van der Waals surface area contributed by atoms with Crippen molar-refractivity contribution in [2.75, 3.05) is 0 Å². The molecular weight excluding hydrogens is 211 g/mol. The molecule has 0 radical (unpaired) electrons. The molecule has 0 aromatic carbocycles. The summed E-state index contributed by atoms with van der Waals surface area (Å²) < 4.78 is 0. The van der Waals surface area contributed by atoms with Crippen LogP contribution in [0.25, 0.3) is 0 Å². The lowest BCUT2D eigenvalue weighted by Crippen LogP contribution is -1.98. The third kappa shape index (κ3) is 6.79. The van der Waals surface area contributed by atoms with Crippen LogP contribution in [0.1, 0.15) is 26.7 Å². The molecule has 0 spiro atoms. The topological polar surface area (TPSA) is 34.1 Å². The summed E-state index contributed by atoms with van der Waals surface area (Å²) in [5.41, 5.74) is 0.287. The maximum atomic E-state index is 10.8. The summed E-state index contributed by atoms with van der Waals surface area (Å²) in [6, 6.07) is 0. The second kappa shape index (κ2) is 6.17. The lowest BCUT2D eigenvalue weighted by atomic mass is 10.0. The molecule has 0 heterocycles. The molecule has 0 aromatic rings. The molecule has 0 saturated carbocycles. The van der Waals surface area contributed by atoms with Gasteiger partial charge in [-0.05, 0) is 42.0 Å². The molecule has 0 aliphatic heterocycles. The Balaban J connectivity index is 4.28. The lowest BCUT2D eigenvalue weighted by Gasteiger charge is -2.04. The molecule has 0 amide bonds. The zero-order valence-electron chi connectivity index (χ0n) is 7.64. The van der Waals surface area contributed by atoms with E-state index in [9.17, 15) is 9.59 Å². The van der Waals surface area contributed by atoms with Crippen molar-refractivity contribution in [1.82, 2.24) is 0 Å². The van der Waals surface area contributed by atoms with E-state index in [1.165, 1.54) is 0 Å². The average Bonchev–Trinajstić information content (AvgIpc) is 1.96. The van der Waals surface area contributed by atoms with Crippen LogP contribution < -0.4 is 0 Å². The highest BCUT2D eigenvalue weighted by molar-refractivity contribution is 6.70. The van der Waals surface area contributed by atoms with E-state index in [1.54, 1.807) is 0 Å². The van der Waals surface area contributed by atoms with Gasteiger partial charge >= 0.3 is 0 Å². The summed E-state index contributed by atoms with van der Waals surface area (Å²) in [5.74, 6) is 0.463. The van der Waals surface area contributed by atoms with Crippen LogP contribution in [0.3, 0.4) is 0 Å². The van der Waals surface area contributed by atoms with Gasteiger partial charge in [-0.3, -0.25) is 9.59 Å².